The van der Waals surface area contributed by atoms with Crippen LogP contribution in [0, 0.1) is 0 Å². The topological polar surface area (TPSA) is 61.8 Å². The number of nitrogens with two attached hydrogens (primary N) is 1. The second-order valence-electron chi connectivity index (χ2n) is 4.06. The number of thioether (sulfide) groups is 1. The first-order chi connectivity index (χ1) is 8.51. The molecule has 1 aromatic carbocycles. The molecule has 0 spiro atoms. The molecule has 0 fully saturated rings. The van der Waals surface area contributed by atoms with E-state index in [1.807, 2.05) is 25.2 Å². The Labute approximate surface area is 120 Å². The quantitative estimate of drug-likeness (QED) is 0.377. The van der Waals surface area contributed by atoms with Gasteiger partial charge in [-0.25, -0.2) is 0 Å². The predicted octanol–water partition coefficient (Wildman–Crippen LogP) is 2.73. The number of hydrogen-bond acceptors (Lipinski definition) is 4. The minimum absolute atomic E-state index is 0.126. The van der Waals surface area contributed by atoms with Crippen LogP contribution in [-0.2, 0) is 0 Å². The lowest BCUT2D eigenvalue weighted by Crippen LogP contribution is -2.32. The standard InChI is InChI=1S/C12H18BrN3OS/c1-8(7-18-3)16(2)11-6-9(13)4-5-10(11)12(14)15-17/h4-6,8,17H,7H2,1-3H3,(H2,14,15). The molecule has 4 nitrogen and oxygen atoms in total. The van der Waals surface area contributed by atoms with Crippen molar-refractivity contribution in [3.05, 3.63) is 28.2 Å². The van der Waals surface area contributed by atoms with Crippen LogP contribution in [-0.4, -0.2) is 36.1 Å². The number of anilines is 1. The fourth-order valence-electron chi connectivity index (χ4n) is 1.66. The van der Waals surface area contributed by atoms with Crippen molar-refractivity contribution in [2.45, 2.75) is 13.0 Å². The zero-order valence-corrected chi connectivity index (χ0v) is 13.1. The van der Waals surface area contributed by atoms with E-state index < -0.39 is 0 Å². The summed E-state index contributed by atoms with van der Waals surface area (Å²) in [5.41, 5.74) is 7.39. The molecule has 0 heterocycles. The van der Waals surface area contributed by atoms with Gasteiger partial charge in [-0.15, -0.1) is 0 Å². The molecule has 0 amide bonds. The van der Waals surface area contributed by atoms with Crippen LogP contribution < -0.4 is 10.6 Å². The summed E-state index contributed by atoms with van der Waals surface area (Å²) in [6.45, 7) is 2.15. The van der Waals surface area contributed by atoms with Crippen molar-refractivity contribution in [3.8, 4) is 0 Å². The molecular formula is C12H18BrN3OS. The highest BCUT2D eigenvalue weighted by atomic mass is 79.9. The summed E-state index contributed by atoms with van der Waals surface area (Å²) < 4.78 is 0.968. The predicted molar refractivity (Wildman–Crippen MR) is 82.9 cm³/mol. The Balaban J connectivity index is 3.16. The van der Waals surface area contributed by atoms with Gasteiger partial charge in [0.2, 0.25) is 0 Å². The van der Waals surface area contributed by atoms with E-state index in [2.05, 4.69) is 39.2 Å². The summed E-state index contributed by atoms with van der Waals surface area (Å²) in [4.78, 5) is 2.13. The molecule has 18 heavy (non-hydrogen) atoms. The smallest absolute Gasteiger partial charge is 0.172 e. The Kier molecular flexibility index (Phi) is 5.81. The van der Waals surface area contributed by atoms with E-state index >= 15 is 0 Å². The van der Waals surface area contributed by atoms with E-state index in [4.69, 9.17) is 10.9 Å². The first kappa shape index (κ1) is 15.2. The highest BCUT2D eigenvalue weighted by Crippen LogP contribution is 2.26. The van der Waals surface area contributed by atoms with Crippen LogP contribution in [0.15, 0.2) is 27.8 Å². The van der Waals surface area contributed by atoms with E-state index in [1.54, 1.807) is 11.8 Å². The average molecular weight is 332 g/mol. The van der Waals surface area contributed by atoms with Crippen LogP contribution in [0.5, 0.6) is 0 Å². The van der Waals surface area contributed by atoms with Gasteiger partial charge in [-0.1, -0.05) is 21.1 Å². The SMILES string of the molecule is CSCC(C)N(C)c1cc(Br)ccc1/C(N)=N/O. The van der Waals surface area contributed by atoms with Gasteiger partial charge in [-0.2, -0.15) is 11.8 Å². The zero-order chi connectivity index (χ0) is 13.7. The van der Waals surface area contributed by atoms with Crippen molar-refractivity contribution < 1.29 is 5.21 Å². The van der Waals surface area contributed by atoms with Gasteiger partial charge in [0.05, 0.1) is 0 Å². The van der Waals surface area contributed by atoms with Gasteiger partial charge in [-0.05, 0) is 31.4 Å². The first-order valence-corrected chi connectivity index (χ1v) is 7.69. The molecule has 0 saturated heterocycles. The van der Waals surface area contributed by atoms with Crippen molar-refractivity contribution in [3.63, 3.8) is 0 Å². The van der Waals surface area contributed by atoms with Gasteiger partial charge in [0.1, 0.15) is 0 Å². The Morgan fingerprint density at radius 2 is 2.28 bits per heavy atom. The summed E-state index contributed by atoms with van der Waals surface area (Å²) in [5.74, 6) is 1.14. The molecule has 0 aromatic heterocycles. The Hall–Kier alpha value is -0.880. The fourth-order valence-corrected chi connectivity index (χ4v) is 2.71. The molecular weight excluding hydrogens is 314 g/mol. The molecule has 0 aliphatic rings. The molecule has 1 aromatic rings. The lowest BCUT2D eigenvalue weighted by molar-refractivity contribution is 0.318. The molecule has 3 N–H and O–H groups in total. The third-order valence-corrected chi connectivity index (χ3v) is 4.10. The van der Waals surface area contributed by atoms with Crippen molar-refractivity contribution in [1.82, 2.24) is 0 Å². The molecule has 1 atom stereocenters. The van der Waals surface area contributed by atoms with E-state index in [1.165, 1.54) is 0 Å². The summed E-state index contributed by atoms with van der Waals surface area (Å²) in [6, 6.07) is 6.06. The molecule has 0 saturated carbocycles. The summed E-state index contributed by atoms with van der Waals surface area (Å²) in [6.07, 6.45) is 2.08. The number of halogens is 1. The molecule has 0 aliphatic heterocycles. The van der Waals surface area contributed by atoms with Crippen molar-refractivity contribution in [2.75, 3.05) is 24.0 Å². The second kappa shape index (κ2) is 6.89. The number of amidine groups is 1. The maximum atomic E-state index is 8.83. The minimum atomic E-state index is 0.126. The summed E-state index contributed by atoms with van der Waals surface area (Å²) in [7, 11) is 2.01. The Bertz CT molecular complexity index is 439. The maximum Gasteiger partial charge on any atom is 0.172 e. The number of rotatable bonds is 5. The van der Waals surface area contributed by atoms with E-state index in [0.29, 0.717) is 6.04 Å². The Morgan fingerprint density at radius 1 is 1.61 bits per heavy atom. The minimum Gasteiger partial charge on any atom is -0.409 e. The second-order valence-corrected chi connectivity index (χ2v) is 5.89. The monoisotopic (exact) mass is 331 g/mol. The van der Waals surface area contributed by atoms with Crippen LogP contribution in [0.3, 0.4) is 0 Å². The largest absolute Gasteiger partial charge is 0.409 e. The molecule has 0 bridgehead atoms. The highest BCUT2D eigenvalue weighted by Gasteiger charge is 2.16. The fraction of sp³-hybridized carbons (Fsp3) is 0.417. The molecule has 0 aliphatic carbocycles. The number of oxime groups is 1. The van der Waals surface area contributed by atoms with Gasteiger partial charge in [0.25, 0.3) is 0 Å². The van der Waals surface area contributed by atoms with E-state index in [-0.39, 0.29) is 5.84 Å². The molecule has 1 unspecified atom stereocenters. The third-order valence-electron chi connectivity index (χ3n) is 2.79. The number of hydrogen-bond donors (Lipinski definition) is 2. The lowest BCUT2D eigenvalue weighted by Gasteiger charge is -2.28. The molecule has 1 rings (SSSR count). The van der Waals surface area contributed by atoms with Gasteiger partial charge in [-0.3, -0.25) is 0 Å². The first-order valence-electron chi connectivity index (χ1n) is 5.50. The van der Waals surface area contributed by atoms with Crippen LogP contribution in [0.2, 0.25) is 0 Å². The summed E-state index contributed by atoms with van der Waals surface area (Å²) >= 11 is 5.24. The lowest BCUT2D eigenvalue weighted by atomic mass is 10.1. The molecule has 0 radical (unpaired) electrons. The Morgan fingerprint density at radius 3 is 2.83 bits per heavy atom. The molecule has 6 heteroatoms. The normalized spacial score (nSPS) is 13.4. The van der Waals surface area contributed by atoms with Gasteiger partial charge in [0, 0.05) is 34.6 Å². The molecule has 100 valence electrons. The van der Waals surface area contributed by atoms with Gasteiger partial charge < -0.3 is 15.8 Å². The van der Waals surface area contributed by atoms with Crippen molar-refractivity contribution in [1.29, 1.82) is 0 Å². The zero-order valence-electron chi connectivity index (χ0n) is 10.7. The van der Waals surface area contributed by atoms with Crippen molar-refractivity contribution in [2.24, 2.45) is 10.9 Å². The van der Waals surface area contributed by atoms with Crippen LogP contribution in [0.25, 0.3) is 0 Å². The summed E-state index contributed by atoms with van der Waals surface area (Å²) in [5, 5.41) is 11.9. The highest BCUT2D eigenvalue weighted by molar-refractivity contribution is 9.10. The van der Waals surface area contributed by atoms with Gasteiger partial charge in [0.15, 0.2) is 5.84 Å². The van der Waals surface area contributed by atoms with Gasteiger partial charge >= 0.3 is 0 Å². The van der Waals surface area contributed by atoms with Crippen LogP contribution in [0.4, 0.5) is 5.69 Å². The van der Waals surface area contributed by atoms with Crippen LogP contribution in [0.1, 0.15) is 12.5 Å². The van der Waals surface area contributed by atoms with Crippen LogP contribution >= 0.6 is 27.7 Å². The average Bonchev–Trinajstić information content (AvgIpc) is 2.37. The third kappa shape index (κ3) is 3.55. The number of benzene rings is 1. The van der Waals surface area contributed by atoms with Crippen molar-refractivity contribution >= 4 is 39.2 Å². The van der Waals surface area contributed by atoms with E-state index in [0.717, 1.165) is 21.5 Å². The van der Waals surface area contributed by atoms with E-state index in [9.17, 15) is 0 Å². The maximum absolute atomic E-state index is 8.83. The number of nitrogens with zero attached hydrogens (tertiary/aromatic N) is 2.